The lowest BCUT2D eigenvalue weighted by molar-refractivity contribution is -0.221. The summed E-state index contributed by atoms with van der Waals surface area (Å²) < 4.78 is 10.9. The highest BCUT2D eigenvalue weighted by atomic mass is 35.5. The van der Waals surface area contributed by atoms with E-state index in [2.05, 4.69) is 13.8 Å². The number of halogens is 1. The molecule has 2 nitrogen and oxygen atoms in total. The van der Waals surface area contributed by atoms with Gasteiger partial charge in [0, 0.05) is 17.7 Å². The molecule has 0 N–H and O–H groups in total. The average Bonchev–Trinajstić information content (AvgIpc) is 1.94. The van der Waals surface area contributed by atoms with Crippen molar-refractivity contribution >= 4 is 11.6 Å². The maximum absolute atomic E-state index is 5.55. The summed E-state index contributed by atoms with van der Waals surface area (Å²) in [7, 11) is 0. The second-order valence-corrected chi connectivity index (χ2v) is 4.07. The van der Waals surface area contributed by atoms with Crippen molar-refractivity contribution in [3.8, 4) is 0 Å². The van der Waals surface area contributed by atoms with E-state index in [9.17, 15) is 0 Å². The van der Waals surface area contributed by atoms with E-state index < -0.39 is 0 Å². The van der Waals surface area contributed by atoms with Crippen LogP contribution in [0.2, 0.25) is 0 Å². The Morgan fingerprint density at radius 2 is 1.91 bits per heavy atom. The van der Waals surface area contributed by atoms with Crippen molar-refractivity contribution in [1.29, 1.82) is 0 Å². The van der Waals surface area contributed by atoms with Gasteiger partial charge in [-0.3, -0.25) is 0 Å². The van der Waals surface area contributed by atoms with Gasteiger partial charge in [0.2, 0.25) is 0 Å². The van der Waals surface area contributed by atoms with E-state index >= 15 is 0 Å². The van der Waals surface area contributed by atoms with Crippen LogP contribution in [-0.2, 0) is 9.47 Å². The lowest BCUT2D eigenvalue weighted by Gasteiger charge is -2.34. The molecule has 1 fully saturated rings. The van der Waals surface area contributed by atoms with E-state index in [4.69, 9.17) is 21.1 Å². The highest BCUT2D eigenvalue weighted by Gasteiger charge is 2.27. The third-order valence-corrected chi connectivity index (χ3v) is 1.88. The molecule has 0 aromatic carbocycles. The zero-order chi connectivity index (χ0) is 8.32. The highest BCUT2D eigenvalue weighted by molar-refractivity contribution is 6.17. The number of hydrogen-bond donors (Lipinski definition) is 0. The number of hydrogen-bond acceptors (Lipinski definition) is 2. The van der Waals surface area contributed by atoms with Crippen LogP contribution >= 0.6 is 11.6 Å². The highest BCUT2D eigenvalue weighted by Crippen LogP contribution is 2.23. The summed E-state index contributed by atoms with van der Waals surface area (Å²) in [6, 6.07) is 0. The third kappa shape index (κ3) is 2.97. The molecule has 1 aliphatic rings. The zero-order valence-corrected chi connectivity index (χ0v) is 7.86. The van der Waals surface area contributed by atoms with Crippen molar-refractivity contribution in [2.45, 2.75) is 26.6 Å². The molecular weight excluding hydrogens is 164 g/mol. The lowest BCUT2D eigenvalue weighted by atomic mass is 9.95. The summed E-state index contributed by atoms with van der Waals surface area (Å²) in [5.41, 5.74) is 0.169. The van der Waals surface area contributed by atoms with Crippen molar-refractivity contribution in [3.63, 3.8) is 0 Å². The maximum atomic E-state index is 5.55. The standard InChI is InChI=1S/C8H15ClO2/c1-8(2)5-10-7(3-4-9)11-6-8/h7H,3-6H2,1-2H3. The van der Waals surface area contributed by atoms with Gasteiger partial charge in [-0.15, -0.1) is 11.6 Å². The first kappa shape index (κ1) is 9.30. The summed E-state index contributed by atoms with van der Waals surface area (Å²) in [5, 5.41) is 0. The van der Waals surface area contributed by atoms with Crippen LogP contribution in [0.3, 0.4) is 0 Å². The molecule has 0 aromatic heterocycles. The van der Waals surface area contributed by atoms with Gasteiger partial charge < -0.3 is 9.47 Å². The number of rotatable bonds is 2. The van der Waals surface area contributed by atoms with E-state index in [-0.39, 0.29) is 11.7 Å². The first-order valence-electron chi connectivity index (χ1n) is 3.93. The summed E-state index contributed by atoms with van der Waals surface area (Å²) in [6.45, 7) is 5.80. The summed E-state index contributed by atoms with van der Waals surface area (Å²) in [6.07, 6.45) is 0.720. The molecular formula is C8H15ClO2. The fraction of sp³-hybridized carbons (Fsp3) is 1.00. The molecule has 0 saturated carbocycles. The summed E-state index contributed by atoms with van der Waals surface area (Å²) >= 11 is 5.55. The van der Waals surface area contributed by atoms with Gasteiger partial charge >= 0.3 is 0 Å². The van der Waals surface area contributed by atoms with E-state index in [1.165, 1.54) is 0 Å². The molecule has 66 valence electrons. The zero-order valence-electron chi connectivity index (χ0n) is 7.10. The Kier molecular flexibility index (Phi) is 3.16. The van der Waals surface area contributed by atoms with Crippen LogP contribution in [0, 0.1) is 5.41 Å². The Balaban J connectivity index is 2.25. The summed E-state index contributed by atoms with van der Waals surface area (Å²) in [5.74, 6) is 0.602. The predicted molar refractivity (Wildman–Crippen MR) is 44.8 cm³/mol. The molecule has 0 aliphatic carbocycles. The normalized spacial score (nSPS) is 25.4. The van der Waals surface area contributed by atoms with Crippen LogP contribution in [0.1, 0.15) is 20.3 Å². The van der Waals surface area contributed by atoms with E-state index in [0.29, 0.717) is 5.88 Å². The smallest absolute Gasteiger partial charge is 0.158 e. The molecule has 1 saturated heterocycles. The molecule has 0 amide bonds. The fourth-order valence-electron chi connectivity index (χ4n) is 0.983. The monoisotopic (exact) mass is 178 g/mol. The van der Waals surface area contributed by atoms with Crippen molar-refractivity contribution in [2.75, 3.05) is 19.1 Å². The summed E-state index contributed by atoms with van der Waals surface area (Å²) in [4.78, 5) is 0. The molecule has 0 spiro atoms. The molecule has 1 heterocycles. The van der Waals surface area contributed by atoms with Crippen molar-refractivity contribution in [2.24, 2.45) is 5.41 Å². The fourth-order valence-corrected chi connectivity index (χ4v) is 1.16. The van der Waals surface area contributed by atoms with Crippen molar-refractivity contribution < 1.29 is 9.47 Å². The number of ether oxygens (including phenoxy) is 2. The van der Waals surface area contributed by atoms with Crippen LogP contribution in [0.4, 0.5) is 0 Å². The first-order chi connectivity index (χ1) is 5.14. The van der Waals surface area contributed by atoms with Crippen LogP contribution in [0.5, 0.6) is 0 Å². The predicted octanol–water partition coefficient (Wildman–Crippen LogP) is 2.01. The first-order valence-corrected chi connectivity index (χ1v) is 4.47. The number of alkyl halides is 1. The SMILES string of the molecule is CC1(C)COC(CCCl)OC1. The van der Waals surface area contributed by atoms with Crippen LogP contribution in [-0.4, -0.2) is 25.4 Å². The van der Waals surface area contributed by atoms with Crippen LogP contribution in [0.15, 0.2) is 0 Å². The minimum absolute atomic E-state index is 0.0690. The van der Waals surface area contributed by atoms with Crippen molar-refractivity contribution in [1.82, 2.24) is 0 Å². The molecule has 0 aromatic rings. The molecule has 11 heavy (non-hydrogen) atoms. The molecule has 3 heteroatoms. The third-order valence-electron chi connectivity index (χ3n) is 1.66. The molecule has 1 aliphatic heterocycles. The molecule has 0 bridgehead atoms. The maximum Gasteiger partial charge on any atom is 0.158 e. The van der Waals surface area contributed by atoms with E-state index in [1.54, 1.807) is 0 Å². The Bertz CT molecular complexity index is 115. The molecule has 0 atom stereocenters. The lowest BCUT2D eigenvalue weighted by Crippen LogP contribution is -2.37. The Hall–Kier alpha value is 0.210. The van der Waals surface area contributed by atoms with Gasteiger partial charge in [-0.2, -0.15) is 0 Å². The molecule has 0 unspecified atom stereocenters. The molecule has 0 radical (unpaired) electrons. The van der Waals surface area contributed by atoms with Gasteiger partial charge in [0.05, 0.1) is 13.2 Å². The second-order valence-electron chi connectivity index (χ2n) is 3.69. The minimum Gasteiger partial charge on any atom is -0.352 e. The van der Waals surface area contributed by atoms with Gasteiger partial charge in [-0.1, -0.05) is 13.8 Å². The quantitative estimate of drug-likeness (QED) is 0.603. The van der Waals surface area contributed by atoms with Gasteiger partial charge in [-0.25, -0.2) is 0 Å². The van der Waals surface area contributed by atoms with Gasteiger partial charge in [-0.05, 0) is 0 Å². The van der Waals surface area contributed by atoms with Crippen LogP contribution < -0.4 is 0 Å². The Morgan fingerprint density at radius 3 is 2.36 bits per heavy atom. The van der Waals surface area contributed by atoms with Crippen molar-refractivity contribution in [3.05, 3.63) is 0 Å². The largest absolute Gasteiger partial charge is 0.352 e. The van der Waals surface area contributed by atoms with Gasteiger partial charge in [0.15, 0.2) is 6.29 Å². The van der Waals surface area contributed by atoms with Gasteiger partial charge in [0.25, 0.3) is 0 Å². The van der Waals surface area contributed by atoms with E-state index in [0.717, 1.165) is 19.6 Å². The van der Waals surface area contributed by atoms with E-state index in [1.807, 2.05) is 0 Å². The van der Waals surface area contributed by atoms with Crippen LogP contribution in [0.25, 0.3) is 0 Å². The van der Waals surface area contributed by atoms with Gasteiger partial charge in [0.1, 0.15) is 0 Å². The average molecular weight is 179 g/mol. The Morgan fingerprint density at radius 1 is 1.36 bits per heavy atom. The Labute approximate surface area is 72.8 Å². The minimum atomic E-state index is -0.0690. The molecule has 1 rings (SSSR count). The topological polar surface area (TPSA) is 18.5 Å². The second kappa shape index (κ2) is 3.74.